The average molecular weight is 256 g/mol. The van der Waals surface area contributed by atoms with Crippen molar-refractivity contribution in [2.24, 2.45) is 0 Å². The van der Waals surface area contributed by atoms with Crippen LogP contribution in [0.3, 0.4) is 0 Å². The van der Waals surface area contributed by atoms with Crippen LogP contribution in [0.2, 0.25) is 5.02 Å². The van der Waals surface area contributed by atoms with E-state index in [0.717, 1.165) is 0 Å². The van der Waals surface area contributed by atoms with Gasteiger partial charge in [0.25, 0.3) is 5.91 Å². The molecule has 0 aromatic heterocycles. The molecule has 0 saturated carbocycles. The first kappa shape index (κ1) is 11.7. The van der Waals surface area contributed by atoms with Crippen LogP contribution in [-0.2, 0) is 9.59 Å². The van der Waals surface area contributed by atoms with Gasteiger partial charge in [-0.25, -0.2) is 0 Å². The maximum absolute atomic E-state index is 11.6. The minimum absolute atomic E-state index is 0.110. The van der Waals surface area contributed by atoms with E-state index >= 15 is 0 Å². The van der Waals surface area contributed by atoms with Crippen LogP contribution in [0.4, 0.5) is 5.69 Å². The number of carbonyl (C=O) groups is 2. The van der Waals surface area contributed by atoms with E-state index < -0.39 is 12.1 Å². The second-order valence-corrected chi connectivity index (χ2v) is 4.11. The first-order chi connectivity index (χ1) is 8.06. The predicted octanol–water partition coefficient (Wildman–Crippen LogP) is 1.90. The number of anilines is 1. The fourth-order valence-corrected chi connectivity index (χ4v) is 1.74. The lowest BCUT2D eigenvalue weighted by atomic mass is 10.1. The van der Waals surface area contributed by atoms with Gasteiger partial charge in [-0.2, -0.15) is 0 Å². The fraction of sp³-hybridized carbons (Fsp3) is 0.273. The quantitative estimate of drug-likeness (QED) is 0.865. The van der Waals surface area contributed by atoms with Crippen molar-refractivity contribution >= 4 is 29.2 Å². The molecule has 0 fully saturated rings. The predicted molar refractivity (Wildman–Crippen MR) is 61.4 cm³/mol. The number of hydrogen-bond acceptors (Lipinski definition) is 3. The average Bonchev–Trinajstić information content (AvgIpc) is 2.26. The highest BCUT2D eigenvalue weighted by Gasteiger charge is 2.27. The number of carboxylic acids is 1. The van der Waals surface area contributed by atoms with Crippen molar-refractivity contribution in [1.82, 2.24) is 0 Å². The smallest absolute Gasteiger partial charge is 0.303 e. The Morgan fingerprint density at radius 1 is 1.53 bits per heavy atom. The summed E-state index contributed by atoms with van der Waals surface area (Å²) in [7, 11) is 0. The second kappa shape index (κ2) is 4.63. The molecule has 2 N–H and O–H groups in total. The summed E-state index contributed by atoms with van der Waals surface area (Å²) in [6, 6.07) is 4.87. The Morgan fingerprint density at radius 2 is 2.29 bits per heavy atom. The zero-order valence-corrected chi connectivity index (χ0v) is 9.53. The molecule has 0 radical (unpaired) electrons. The van der Waals surface area contributed by atoms with Crippen LogP contribution in [0.5, 0.6) is 5.75 Å². The van der Waals surface area contributed by atoms with E-state index in [9.17, 15) is 9.59 Å². The zero-order chi connectivity index (χ0) is 12.4. The molecule has 0 bridgehead atoms. The molecule has 1 aliphatic heterocycles. The summed E-state index contributed by atoms with van der Waals surface area (Å²) in [6.07, 6.45) is -0.732. The van der Waals surface area contributed by atoms with Crippen molar-refractivity contribution in [1.29, 1.82) is 0 Å². The van der Waals surface area contributed by atoms with Gasteiger partial charge in [0, 0.05) is 17.9 Å². The molecule has 1 heterocycles. The second-order valence-electron chi connectivity index (χ2n) is 3.67. The van der Waals surface area contributed by atoms with E-state index in [-0.39, 0.29) is 18.7 Å². The number of amides is 1. The highest BCUT2D eigenvalue weighted by Crippen LogP contribution is 2.32. The summed E-state index contributed by atoms with van der Waals surface area (Å²) < 4.78 is 5.42. The van der Waals surface area contributed by atoms with Crippen LogP contribution < -0.4 is 10.1 Å². The van der Waals surface area contributed by atoms with Crippen LogP contribution in [0.15, 0.2) is 18.2 Å². The number of hydrogen-bond donors (Lipinski definition) is 2. The van der Waals surface area contributed by atoms with Gasteiger partial charge in [-0.05, 0) is 18.2 Å². The summed E-state index contributed by atoms with van der Waals surface area (Å²) in [6.45, 7) is 0. The molecule has 6 heteroatoms. The van der Waals surface area contributed by atoms with Crippen molar-refractivity contribution < 1.29 is 19.4 Å². The largest absolute Gasteiger partial charge is 0.481 e. The minimum atomic E-state index is -0.955. The van der Waals surface area contributed by atoms with Gasteiger partial charge in [0.1, 0.15) is 5.75 Å². The van der Waals surface area contributed by atoms with E-state index in [0.29, 0.717) is 16.5 Å². The molecule has 1 amide bonds. The van der Waals surface area contributed by atoms with E-state index in [1.54, 1.807) is 18.2 Å². The number of ether oxygens (including phenoxy) is 1. The monoisotopic (exact) mass is 255 g/mol. The lowest BCUT2D eigenvalue weighted by Crippen LogP contribution is -2.37. The third kappa shape index (κ3) is 2.68. The number of fused-ring (bicyclic) bond motifs is 1. The van der Waals surface area contributed by atoms with E-state index in [1.165, 1.54) is 0 Å². The van der Waals surface area contributed by atoms with Gasteiger partial charge in [0.05, 0.1) is 5.69 Å². The highest BCUT2D eigenvalue weighted by molar-refractivity contribution is 6.31. The van der Waals surface area contributed by atoms with E-state index in [2.05, 4.69) is 5.32 Å². The first-order valence-electron chi connectivity index (χ1n) is 5.05. The number of aliphatic carboxylic acids is 1. The molecular formula is C11H10ClNO4. The molecule has 2 rings (SSSR count). The van der Waals surface area contributed by atoms with Gasteiger partial charge >= 0.3 is 5.97 Å². The molecular weight excluding hydrogens is 246 g/mol. The summed E-state index contributed by atoms with van der Waals surface area (Å²) in [5.41, 5.74) is 0.508. The van der Waals surface area contributed by atoms with E-state index in [1.807, 2.05) is 0 Å². The Bertz CT molecular complexity index is 475. The molecule has 0 spiro atoms. The Balaban J connectivity index is 2.13. The molecule has 17 heavy (non-hydrogen) atoms. The van der Waals surface area contributed by atoms with Crippen molar-refractivity contribution in [3.8, 4) is 5.75 Å². The van der Waals surface area contributed by atoms with Crippen molar-refractivity contribution in [2.45, 2.75) is 18.9 Å². The molecule has 1 unspecified atom stereocenters. The maximum Gasteiger partial charge on any atom is 0.303 e. The summed E-state index contributed by atoms with van der Waals surface area (Å²) in [5, 5.41) is 11.7. The number of nitrogens with one attached hydrogen (secondary N) is 1. The number of rotatable bonds is 3. The van der Waals surface area contributed by atoms with Gasteiger partial charge in [0.2, 0.25) is 0 Å². The number of halogens is 1. The molecule has 1 aromatic rings. The van der Waals surface area contributed by atoms with Crippen molar-refractivity contribution in [2.75, 3.05) is 5.32 Å². The van der Waals surface area contributed by atoms with Crippen LogP contribution in [0.25, 0.3) is 0 Å². The third-order valence-electron chi connectivity index (χ3n) is 2.38. The van der Waals surface area contributed by atoms with Gasteiger partial charge in [0.15, 0.2) is 6.10 Å². The van der Waals surface area contributed by atoms with Gasteiger partial charge in [-0.1, -0.05) is 11.6 Å². The number of carbonyl (C=O) groups excluding carboxylic acids is 1. The van der Waals surface area contributed by atoms with Gasteiger partial charge in [-0.15, -0.1) is 0 Å². The third-order valence-corrected chi connectivity index (χ3v) is 2.62. The lowest BCUT2D eigenvalue weighted by molar-refractivity contribution is -0.137. The lowest BCUT2D eigenvalue weighted by Gasteiger charge is -2.25. The molecule has 90 valence electrons. The van der Waals surface area contributed by atoms with Crippen LogP contribution >= 0.6 is 11.6 Å². The molecule has 0 aliphatic carbocycles. The zero-order valence-electron chi connectivity index (χ0n) is 8.77. The topological polar surface area (TPSA) is 75.6 Å². The summed E-state index contributed by atoms with van der Waals surface area (Å²) in [4.78, 5) is 22.0. The minimum Gasteiger partial charge on any atom is -0.481 e. The van der Waals surface area contributed by atoms with Crippen molar-refractivity contribution in [3.05, 3.63) is 23.2 Å². The molecule has 5 nitrogen and oxygen atoms in total. The first-order valence-corrected chi connectivity index (χ1v) is 5.43. The standard InChI is InChI=1S/C11H10ClNO4/c12-6-1-2-8-7(5-6)13-11(16)9(17-8)3-4-10(14)15/h1-2,5,9H,3-4H2,(H,13,16)(H,14,15). The molecule has 0 saturated heterocycles. The Kier molecular flexibility index (Phi) is 3.19. The van der Waals surface area contributed by atoms with E-state index in [4.69, 9.17) is 21.4 Å². The Labute approximate surface area is 102 Å². The SMILES string of the molecule is O=C(O)CCC1Oc2ccc(Cl)cc2NC1=O. The van der Waals surface area contributed by atoms with Gasteiger partial charge in [-0.3, -0.25) is 9.59 Å². The van der Waals surface area contributed by atoms with Crippen LogP contribution in [0.1, 0.15) is 12.8 Å². The number of benzene rings is 1. The molecule has 1 aliphatic rings. The summed E-state index contributed by atoms with van der Waals surface area (Å²) in [5.74, 6) is -0.797. The maximum atomic E-state index is 11.6. The fourth-order valence-electron chi connectivity index (χ4n) is 1.57. The van der Waals surface area contributed by atoms with Crippen LogP contribution in [0, 0.1) is 0 Å². The Hall–Kier alpha value is -1.75. The van der Waals surface area contributed by atoms with Crippen molar-refractivity contribution in [3.63, 3.8) is 0 Å². The molecule has 1 aromatic carbocycles. The number of carboxylic acid groups (broad SMARTS) is 1. The highest BCUT2D eigenvalue weighted by atomic mass is 35.5. The summed E-state index contributed by atoms with van der Waals surface area (Å²) >= 11 is 5.78. The normalized spacial score (nSPS) is 17.9. The van der Waals surface area contributed by atoms with Gasteiger partial charge < -0.3 is 15.2 Å². The Morgan fingerprint density at radius 3 is 3.00 bits per heavy atom. The molecule has 1 atom stereocenters. The van der Waals surface area contributed by atoms with Crippen LogP contribution in [-0.4, -0.2) is 23.1 Å².